The molecule has 1 rings (SSSR count). The Bertz CT molecular complexity index is 297. The van der Waals surface area contributed by atoms with Gasteiger partial charge in [0.05, 0.1) is 0 Å². The zero-order valence-electron chi connectivity index (χ0n) is 7.72. The minimum absolute atomic E-state index is 0.993. The molecule has 1 aromatic carbocycles. The number of hydrogen-bond acceptors (Lipinski definition) is 0. The molecule has 0 aromatic heterocycles. The fraction of sp³-hybridized carbons (Fsp3) is 0.250. The predicted molar refractivity (Wildman–Crippen MR) is 54.0 cm³/mol. The van der Waals surface area contributed by atoms with Crippen molar-refractivity contribution >= 4 is 5.57 Å². The van der Waals surface area contributed by atoms with E-state index in [9.17, 15) is 0 Å². The maximum atomic E-state index is 3.67. The lowest BCUT2D eigenvalue weighted by Crippen LogP contribution is -1.80. The van der Waals surface area contributed by atoms with E-state index in [1.165, 1.54) is 16.7 Å². The molecule has 0 amide bonds. The molecule has 0 fully saturated rings. The van der Waals surface area contributed by atoms with Gasteiger partial charge in [0.1, 0.15) is 0 Å². The van der Waals surface area contributed by atoms with E-state index in [0.717, 1.165) is 6.42 Å². The van der Waals surface area contributed by atoms with Crippen molar-refractivity contribution in [3.05, 3.63) is 47.7 Å². The smallest absolute Gasteiger partial charge is 0.000306 e. The molecule has 0 saturated carbocycles. The average Bonchev–Trinajstić information content (AvgIpc) is 2.10. The van der Waals surface area contributed by atoms with E-state index in [0.29, 0.717) is 0 Å². The number of allylic oxidation sites excluding steroid dienone is 1. The Morgan fingerprint density at radius 2 is 1.92 bits per heavy atom. The molecule has 12 heavy (non-hydrogen) atoms. The zero-order valence-corrected chi connectivity index (χ0v) is 7.72. The highest BCUT2D eigenvalue weighted by atomic mass is 14.0. The van der Waals surface area contributed by atoms with Gasteiger partial charge in [0.15, 0.2) is 0 Å². The molecule has 0 bridgehead atoms. The first kappa shape index (κ1) is 8.83. The fourth-order valence-electron chi connectivity index (χ4n) is 1.19. The molecule has 62 valence electrons. The van der Waals surface area contributed by atoms with Crippen molar-refractivity contribution < 1.29 is 0 Å². The quantitative estimate of drug-likeness (QED) is 0.577. The molecule has 0 spiro atoms. The van der Waals surface area contributed by atoms with Crippen molar-refractivity contribution in [2.75, 3.05) is 0 Å². The third kappa shape index (κ3) is 1.87. The van der Waals surface area contributed by atoms with E-state index in [1.54, 1.807) is 0 Å². The topological polar surface area (TPSA) is 0 Å². The van der Waals surface area contributed by atoms with Crippen molar-refractivity contribution in [3.8, 4) is 0 Å². The highest BCUT2D eigenvalue weighted by Gasteiger charge is 1.95. The lowest BCUT2D eigenvalue weighted by atomic mass is 10.0. The summed E-state index contributed by atoms with van der Waals surface area (Å²) in [5.74, 6) is 0. The Morgan fingerprint density at radius 1 is 1.33 bits per heavy atom. The molecule has 0 nitrogen and oxygen atoms in total. The molecular weight excluding hydrogens is 144 g/mol. The van der Waals surface area contributed by atoms with Crippen molar-refractivity contribution in [1.82, 2.24) is 0 Å². The Hall–Kier alpha value is -1.26. The number of benzene rings is 1. The van der Waals surface area contributed by atoms with Gasteiger partial charge < -0.3 is 0 Å². The second kappa shape index (κ2) is 3.94. The molecule has 0 saturated heterocycles. The van der Waals surface area contributed by atoms with Gasteiger partial charge >= 0.3 is 0 Å². The van der Waals surface area contributed by atoms with Crippen molar-refractivity contribution in [1.29, 1.82) is 0 Å². The van der Waals surface area contributed by atoms with E-state index in [4.69, 9.17) is 0 Å². The first-order chi connectivity index (χ1) is 5.77. The summed E-state index contributed by atoms with van der Waals surface area (Å²) in [5.41, 5.74) is 6.67. The van der Waals surface area contributed by atoms with Gasteiger partial charge in [-0.1, -0.05) is 43.3 Å². The molecule has 0 aliphatic rings. The maximum Gasteiger partial charge on any atom is 0.000306 e. The predicted octanol–water partition coefficient (Wildman–Crippen LogP) is 3.57. The van der Waals surface area contributed by atoms with Crippen LogP contribution in [0.15, 0.2) is 36.6 Å². The van der Waals surface area contributed by atoms with Crippen LogP contribution >= 0.6 is 0 Å². The van der Waals surface area contributed by atoms with Gasteiger partial charge in [-0.05, 0) is 18.9 Å². The summed E-state index contributed by atoms with van der Waals surface area (Å²) in [4.78, 5) is 0. The van der Waals surface area contributed by atoms with E-state index in [-0.39, 0.29) is 0 Å². The fourth-order valence-corrected chi connectivity index (χ4v) is 1.19. The van der Waals surface area contributed by atoms with Crippen LogP contribution in [0.1, 0.15) is 24.5 Å². The third-order valence-electron chi connectivity index (χ3n) is 1.97. The van der Waals surface area contributed by atoms with Gasteiger partial charge in [0, 0.05) is 5.57 Å². The van der Waals surface area contributed by atoms with Crippen molar-refractivity contribution in [2.24, 2.45) is 0 Å². The molecular formula is C12H14. The molecule has 0 aliphatic heterocycles. The first-order valence-corrected chi connectivity index (χ1v) is 4.24. The number of rotatable bonds is 2. The minimum Gasteiger partial charge on any atom is -0.125 e. The van der Waals surface area contributed by atoms with E-state index in [2.05, 4.69) is 50.4 Å². The first-order valence-electron chi connectivity index (χ1n) is 4.24. The van der Waals surface area contributed by atoms with Crippen LogP contribution in [0.5, 0.6) is 0 Å². The average molecular weight is 158 g/mol. The van der Waals surface area contributed by atoms with Gasteiger partial charge in [-0.25, -0.2) is 0 Å². The van der Waals surface area contributed by atoms with Crippen LogP contribution in [0.4, 0.5) is 0 Å². The summed E-state index contributed by atoms with van der Waals surface area (Å²) in [7, 11) is 0. The van der Waals surface area contributed by atoms with Gasteiger partial charge in [0.25, 0.3) is 0 Å². The lowest BCUT2D eigenvalue weighted by molar-refractivity contribution is 1.24. The van der Waals surface area contributed by atoms with Crippen LogP contribution in [0, 0.1) is 6.92 Å². The van der Waals surface area contributed by atoms with Gasteiger partial charge in [-0.15, -0.1) is 5.73 Å². The summed E-state index contributed by atoms with van der Waals surface area (Å²) in [5, 5.41) is 0. The van der Waals surface area contributed by atoms with Gasteiger partial charge in [0.2, 0.25) is 0 Å². The van der Waals surface area contributed by atoms with Crippen LogP contribution < -0.4 is 0 Å². The van der Waals surface area contributed by atoms with E-state index < -0.39 is 0 Å². The SMILES string of the molecule is C=C=C(CC)c1ccc(C)cc1. The molecule has 0 N–H and O–H groups in total. The maximum absolute atomic E-state index is 3.67. The molecule has 0 radical (unpaired) electrons. The molecule has 0 unspecified atom stereocenters. The van der Waals surface area contributed by atoms with Crippen LogP contribution in [-0.2, 0) is 0 Å². The normalized spacial score (nSPS) is 9.17. The van der Waals surface area contributed by atoms with Crippen molar-refractivity contribution in [3.63, 3.8) is 0 Å². The minimum atomic E-state index is 0.993. The molecule has 1 aromatic rings. The second-order valence-corrected chi connectivity index (χ2v) is 2.87. The largest absolute Gasteiger partial charge is 0.125 e. The summed E-state index contributed by atoms with van der Waals surface area (Å²) in [6.45, 7) is 7.88. The zero-order chi connectivity index (χ0) is 8.97. The second-order valence-electron chi connectivity index (χ2n) is 2.87. The standard InChI is InChI=1S/C12H14/c1-4-11(5-2)12-8-6-10(3)7-9-12/h6-9H,1,5H2,2-3H3. The lowest BCUT2D eigenvalue weighted by Gasteiger charge is -2.01. The van der Waals surface area contributed by atoms with E-state index >= 15 is 0 Å². The Labute approximate surface area is 74.2 Å². The summed E-state index contributed by atoms with van der Waals surface area (Å²) in [6.07, 6.45) is 0.993. The number of hydrogen-bond donors (Lipinski definition) is 0. The highest BCUT2D eigenvalue weighted by Crippen LogP contribution is 2.16. The van der Waals surface area contributed by atoms with Crippen molar-refractivity contribution in [2.45, 2.75) is 20.3 Å². The van der Waals surface area contributed by atoms with Crippen LogP contribution in [0.2, 0.25) is 0 Å². The van der Waals surface area contributed by atoms with Gasteiger partial charge in [-0.2, -0.15) is 0 Å². The van der Waals surface area contributed by atoms with Crippen LogP contribution in [-0.4, -0.2) is 0 Å². The highest BCUT2D eigenvalue weighted by molar-refractivity contribution is 5.64. The van der Waals surface area contributed by atoms with Gasteiger partial charge in [-0.3, -0.25) is 0 Å². The Morgan fingerprint density at radius 3 is 2.33 bits per heavy atom. The summed E-state index contributed by atoms with van der Waals surface area (Å²) < 4.78 is 0. The van der Waals surface area contributed by atoms with Crippen LogP contribution in [0.3, 0.4) is 0 Å². The molecule has 0 atom stereocenters. The van der Waals surface area contributed by atoms with E-state index in [1.807, 2.05) is 0 Å². The van der Waals surface area contributed by atoms with Crippen LogP contribution in [0.25, 0.3) is 5.57 Å². The molecule has 0 heteroatoms. The number of aryl methyl sites for hydroxylation is 1. The monoisotopic (exact) mass is 158 g/mol. The summed E-state index contributed by atoms with van der Waals surface area (Å²) >= 11 is 0. The molecule has 0 heterocycles. The Kier molecular flexibility index (Phi) is 2.90. The third-order valence-corrected chi connectivity index (χ3v) is 1.97. The summed E-state index contributed by atoms with van der Waals surface area (Å²) in [6, 6.07) is 8.46. The Balaban J connectivity index is 3.04. The molecule has 0 aliphatic carbocycles.